The Bertz CT molecular complexity index is 608. The molecule has 0 aliphatic heterocycles. The molecule has 0 saturated carbocycles. The highest BCUT2D eigenvalue weighted by molar-refractivity contribution is 9.10. The smallest absolute Gasteiger partial charge is 0.175 e. The van der Waals surface area contributed by atoms with Gasteiger partial charge in [0.15, 0.2) is 5.11 Å². The molecule has 2 N–H and O–H groups in total. The molecule has 0 heterocycles. The summed E-state index contributed by atoms with van der Waals surface area (Å²) in [5, 5.41) is 7.17. The minimum atomic E-state index is -0.310. The zero-order valence-electron chi connectivity index (χ0n) is 10.5. The largest absolute Gasteiger partial charge is 0.332 e. The average molecular weight is 374 g/mol. The van der Waals surface area contributed by atoms with Gasteiger partial charge in [-0.15, -0.1) is 0 Å². The summed E-state index contributed by atoms with van der Waals surface area (Å²) >= 11 is 14.4. The Morgan fingerprint density at radius 2 is 1.80 bits per heavy atom. The second-order valence-electron chi connectivity index (χ2n) is 4.16. The van der Waals surface area contributed by atoms with Crippen molar-refractivity contribution in [2.24, 2.45) is 0 Å². The fraction of sp³-hybridized carbons (Fsp3) is 0.0714. The second kappa shape index (κ2) is 6.52. The predicted octanol–water partition coefficient (Wildman–Crippen LogP) is 5.36. The van der Waals surface area contributed by atoms with E-state index in [-0.39, 0.29) is 5.82 Å². The van der Waals surface area contributed by atoms with E-state index in [4.69, 9.17) is 23.8 Å². The van der Waals surface area contributed by atoms with Gasteiger partial charge in [-0.25, -0.2) is 4.39 Å². The van der Waals surface area contributed by atoms with Gasteiger partial charge in [0.1, 0.15) is 5.82 Å². The molecule has 2 rings (SSSR count). The number of anilines is 2. The number of benzene rings is 2. The first kappa shape index (κ1) is 15.2. The van der Waals surface area contributed by atoms with Crippen molar-refractivity contribution in [3.63, 3.8) is 0 Å². The van der Waals surface area contributed by atoms with E-state index >= 15 is 0 Å². The first-order valence-corrected chi connectivity index (χ1v) is 7.33. The van der Waals surface area contributed by atoms with Crippen molar-refractivity contribution in [2.75, 3.05) is 10.6 Å². The van der Waals surface area contributed by atoms with Crippen molar-refractivity contribution in [3.05, 3.63) is 57.3 Å². The van der Waals surface area contributed by atoms with Crippen LogP contribution in [-0.4, -0.2) is 5.11 Å². The average Bonchev–Trinajstić information content (AvgIpc) is 2.36. The van der Waals surface area contributed by atoms with E-state index in [9.17, 15) is 4.39 Å². The van der Waals surface area contributed by atoms with Crippen LogP contribution in [0.3, 0.4) is 0 Å². The van der Waals surface area contributed by atoms with Gasteiger partial charge in [0, 0.05) is 15.2 Å². The minimum absolute atomic E-state index is 0.310. The van der Waals surface area contributed by atoms with Crippen LogP contribution in [0.25, 0.3) is 0 Å². The lowest BCUT2D eigenvalue weighted by molar-refractivity contribution is 0.627. The molecule has 0 fully saturated rings. The molecular weight excluding hydrogens is 363 g/mol. The Morgan fingerprint density at radius 1 is 1.15 bits per heavy atom. The minimum Gasteiger partial charge on any atom is -0.332 e. The predicted molar refractivity (Wildman–Crippen MR) is 90.1 cm³/mol. The van der Waals surface area contributed by atoms with E-state index in [0.29, 0.717) is 20.3 Å². The molecule has 0 unspecified atom stereocenters. The molecule has 20 heavy (non-hydrogen) atoms. The summed E-state index contributed by atoms with van der Waals surface area (Å²) in [6.45, 7) is 1.94. The summed E-state index contributed by atoms with van der Waals surface area (Å²) in [6, 6.07) is 9.84. The molecule has 0 aliphatic rings. The molecule has 2 nitrogen and oxygen atoms in total. The van der Waals surface area contributed by atoms with Gasteiger partial charge in [0.05, 0.1) is 5.69 Å². The standard InChI is InChI=1S/C14H11BrClFN2S/c1-8-6-9(16)2-4-12(8)18-14(20)19-13-5-3-10(17)7-11(13)15/h2-7H,1H3,(H2,18,19,20). The summed E-state index contributed by atoms with van der Waals surface area (Å²) in [4.78, 5) is 0. The Hall–Kier alpha value is -1.17. The maximum Gasteiger partial charge on any atom is 0.175 e. The molecule has 2 aromatic carbocycles. The lowest BCUT2D eigenvalue weighted by Crippen LogP contribution is -2.19. The highest BCUT2D eigenvalue weighted by Crippen LogP contribution is 2.24. The van der Waals surface area contributed by atoms with E-state index in [1.54, 1.807) is 12.1 Å². The fourth-order valence-electron chi connectivity index (χ4n) is 1.63. The van der Waals surface area contributed by atoms with Crippen molar-refractivity contribution < 1.29 is 4.39 Å². The van der Waals surface area contributed by atoms with Crippen LogP contribution in [0.2, 0.25) is 5.02 Å². The fourth-order valence-corrected chi connectivity index (χ4v) is 2.53. The van der Waals surface area contributed by atoms with Gasteiger partial charge in [-0.2, -0.15) is 0 Å². The molecule has 0 bridgehead atoms. The van der Waals surface area contributed by atoms with Crippen LogP contribution in [0.1, 0.15) is 5.56 Å². The lowest BCUT2D eigenvalue weighted by atomic mass is 10.2. The van der Waals surface area contributed by atoms with Gasteiger partial charge in [0.2, 0.25) is 0 Å². The molecule has 2 aromatic rings. The van der Waals surface area contributed by atoms with Crippen molar-refractivity contribution in [2.45, 2.75) is 6.92 Å². The molecule has 0 radical (unpaired) electrons. The lowest BCUT2D eigenvalue weighted by Gasteiger charge is -2.13. The normalized spacial score (nSPS) is 10.2. The summed E-state index contributed by atoms with van der Waals surface area (Å²) < 4.78 is 13.6. The van der Waals surface area contributed by atoms with Gasteiger partial charge < -0.3 is 10.6 Å². The number of halogens is 3. The molecule has 0 aromatic heterocycles. The van der Waals surface area contributed by atoms with Crippen molar-refractivity contribution in [3.8, 4) is 0 Å². The quantitative estimate of drug-likeness (QED) is 0.693. The number of rotatable bonds is 2. The van der Waals surface area contributed by atoms with Gasteiger partial charge in [-0.3, -0.25) is 0 Å². The maximum absolute atomic E-state index is 13.0. The van der Waals surface area contributed by atoms with Crippen LogP contribution in [0.15, 0.2) is 40.9 Å². The van der Waals surface area contributed by atoms with E-state index in [1.165, 1.54) is 12.1 Å². The molecule has 0 aliphatic carbocycles. The van der Waals surface area contributed by atoms with E-state index in [1.807, 2.05) is 19.1 Å². The van der Waals surface area contributed by atoms with Crippen LogP contribution >= 0.6 is 39.7 Å². The molecule has 0 amide bonds. The third-order valence-electron chi connectivity index (χ3n) is 2.62. The van der Waals surface area contributed by atoms with Crippen LogP contribution in [-0.2, 0) is 0 Å². The number of hydrogen-bond acceptors (Lipinski definition) is 1. The summed E-state index contributed by atoms with van der Waals surface area (Å²) in [7, 11) is 0. The highest BCUT2D eigenvalue weighted by Gasteiger charge is 2.05. The zero-order valence-corrected chi connectivity index (χ0v) is 13.7. The van der Waals surface area contributed by atoms with Gasteiger partial charge in [-0.1, -0.05) is 11.6 Å². The molecule has 0 saturated heterocycles. The molecule has 6 heteroatoms. The van der Waals surface area contributed by atoms with Crippen LogP contribution in [0, 0.1) is 12.7 Å². The Balaban J connectivity index is 2.09. The zero-order chi connectivity index (χ0) is 14.7. The first-order valence-electron chi connectivity index (χ1n) is 5.75. The number of nitrogens with one attached hydrogen (secondary N) is 2. The van der Waals surface area contributed by atoms with Crippen LogP contribution < -0.4 is 10.6 Å². The first-order chi connectivity index (χ1) is 9.45. The van der Waals surface area contributed by atoms with Crippen molar-refractivity contribution >= 4 is 56.2 Å². The third-order valence-corrected chi connectivity index (χ3v) is 3.71. The topological polar surface area (TPSA) is 24.1 Å². The SMILES string of the molecule is Cc1cc(Cl)ccc1NC(=S)Nc1ccc(F)cc1Br. The summed E-state index contributed by atoms with van der Waals surface area (Å²) in [6.07, 6.45) is 0. The number of thiocarbonyl (C=S) groups is 1. The summed E-state index contributed by atoms with van der Waals surface area (Å²) in [5.41, 5.74) is 2.54. The second-order valence-corrected chi connectivity index (χ2v) is 5.86. The monoisotopic (exact) mass is 372 g/mol. The van der Waals surface area contributed by atoms with E-state index in [0.717, 1.165) is 11.3 Å². The van der Waals surface area contributed by atoms with Gasteiger partial charge >= 0.3 is 0 Å². The number of hydrogen-bond donors (Lipinski definition) is 2. The summed E-state index contributed by atoms with van der Waals surface area (Å²) in [5.74, 6) is -0.310. The molecular formula is C14H11BrClFN2S. The molecule has 0 spiro atoms. The maximum atomic E-state index is 13.0. The number of aryl methyl sites for hydroxylation is 1. The van der Waals surface area contributed by atoms with Crippen LogP contribution in [0.5, 0.6) is 0 Å². The molecule has 104 valence electrons. The van der Waals surface area contributed by atoms with Crippen molar-refractivity contribution in [1.82, 2.24) is 0 Å². The third kappa shape index (κ3) is 3.91. The van der Waals surface area contributed by atoms with Gasteiger partial charge in [0.25, 0.3) is 0 Å². The Labute approximate surface area is 135 Å². The molecule has 0 atom stereocenters. The van der Waals surface area contributed by atoms with E-state index in [2.05, 4.69) is 26.6 Å². The van der Waals surface area contributed by atoms with Crippen molar-refractivity contribution in [1.29, 1.82) is 0 Å². The Kier molecular flexibility index (Phi) is 4.96. The highest BCUT2D eigenvalue weighted by atomic mass is 79.9. The van der Waals surface area contributed by atoms with Crippen LogP contribution in [0.4, 0.5) is 15.8 Å². The Morgan fingerprint density at radius 3 is 2.45 bits per heavy atom. The van der Waals surface area contributed by atoms with Gasteiger partial charge in [-0.05, 0) is 77.0 Å². The van der Waals surface area contributed by atoms with E-state index < -0.39 is 0 Å².